The molecule has 1 aromatic rings. The molecule has 29 heavy (non-hydrogen) atoms. The number of carbonyl (C=O) groups is 1. The zero-order chi connectivity index (χ0) is 20.2. The van der Waals surface area contributed by atoms with Crippen LogP contribution in [0.25, 0.3) is 0 Å². The number of rotatable bonds is 3. The topological polar surface area (TPSA) is 68.7 Å². The van der Waals surface area contributed by atoms with Crippen LogP contribution in [0.3, 0.4) is 0 Å². The SMILES string of the molecule is CO[C@@H]1C[C@H]2[C@@H]3OC4=C(C=C3C=C[C@]2(C)[C@H]1c1cccnc1)C(=O)CC(CO)C4. The van der Waals surface area contributed by atoms with Crippen LogP contribution < -0.4 is 0 Å². The molecule has 1 saturated carbocycles. The number of pyridine rings is 1. The Balaban J connectivity index is 1.53. The minimum Gasteiger partial charge on any atom is -0.489 e. The lowest BCUT2D eigenvalue weighted by Crippen LogP contribution is -2.41. The fraction of sp³-hybridized carbons (Fsp3) is 0.500. The Kier molecular flexibility index (Phi) is 4.48. The van der Waals surface area contributed by atoms with Gasteiger partial charge < -0.3 is 14.6 Å². The van der Waals surface area contributed by atoms with Gasteiger partial charge in [0.2, 0.25) is 0 Å². The highest BCUT2D eigenvalue weighted by atomic mass is 16.5. The van der Waals surface area contributed by atoms with Crippen molar-refractivity contribution < 1.29 is 19.4 Å². The number of nitrogens with zero attached hydrogens (tertiary/aromatic N) is 1. The third-order valence-electron chi connectivity index (χ3n) is 7.39. The number of aliphatic hydroxyl groups is 1. The van der Waals surface area contributed by atoms with Gasteiger partial charge in [0.1, 0.15) is 11.9 Å². The van der Waals surface area contributed by atoms with Crippen LogP contribution >= 0.6 is 0 Å². The van der Waals surface area contributed by atoms with Gasteiger partial charge in [0, 0.05) is 56.2 Å². The fourth-order valence-electron chi connectivity index (χ4n) is 5.89. The number of methoxy groups -OCH3 is 1. The van der Waals surface area contributed by atoms with E-state index >= 15 is 0 Å². The maximum atomic E-state index is 12.6. The zero-order valence-corrected chi connectivity index (χ0v) is 16.9. The summed E-state index contributed by atoms with van der Waals surface area (Å²) < 4.78 is 12.4. The van der Waals surface area contributed by atoms with Crippen molar-refractivity contribution in [3.63, 3.8) is 0 Å². The van der Waals surface area contributed by atoms with E-state index in [0.29, 0.717) is 18.4 Å². The molecule has 1 aromatic heterocycles. The number of aliphatic hydroxyl groups excluding tert-OH is 1. The van der Waals surface area contributed by atoms with Crippen LogP contribution in [0.2, 0.25) is 0 Å². The normalized spacial score (nSPS) is 38.1. The van der Waals surface area contributed by atoms with Crippen LogP contribution in [0, 0.1) is 17.3 Å². The molecule has 4 aliphatic rings. The molecule has 152 valence electrons. The van der Waals surface area contributed by atoms with E-state index in [9.17, 15) is 9.90 Å². The Labute approximate surface area is 171 Å². The van der Waals surface area contributed by atoms with Gasteiger partial charge in [-0.25, -0.2) is 0 Å². The van der Waals surface area contributed by atoms with Gasteiger partial charge in [-0.3, -0.25) is 9.78 Å². The lowest BCUT2D eigenvalue weighted by Gasteiger charge is -2.44. The Bertz CT molecular complexity index is 918. The Hall–Kier alpha value is -2.24. The van der Waals surface area contributed by atoms with E-state index in [0.717, 1.165) is 17.8 Å². The monoisotopic (exact) mass is 393 g/mol. The minimum absolute atomic E-state index is 0.0169. The summed E-state index contributed by atoms with van der Waals surface area (Å²) in [6, 6.07) is 4.11. The second kappa shape index (κ2) is 6.92. The van der Waals surface area contributed by atoms with Crippen molar-refractivity contribution in [1.29, 1.82) is 0 Å². The van der Waals surface area contributed by atoms with E-state index in [4.69, 9.17) is 9.47 Å². The first-order valence-corrected chi connectivity index (χ1v) is 10.4. The molecule has 5 heteroatoms. The maximum Gasteiger partial charge on any atom is 0.166 e. The molecule has 0 radical (unpaired) electrons. The summed E-state index contributed by atoms with van der Waals surface area (Å²) in [6.45, 7) is 2.31. The summed E-state index contributed by atoms with van der Waals surface area (Å²) in [5.41, 5.74) is 2.83. The van der Waals surface area contributed by atoms with Crippen LogP contribution in [-0.4, -0.2) is 41.8 Å². The standard InChI is InChI=1S/C24H27NO4/c1-24-6-5-15-10-17-19(27)8-14(13-26)9-20(17)29-23(15)18(24)11-21(28-2)22(24)16-4-3-7-25-12-16/h3-7,10,12,14,18,21-23,26H,8-9,11,13H2,1-2H3/t14?,18-,21+,22-,23+,24-/m0/s1. The van der Waals surface area contributed by atoms with Crippen molar-refractivity contribution in [2.75, 3.05) is 13.7 Å². The van der Waals surface area contributed by atoms with Crippen molar-refractivity contribution in [2.45, 2.75) is 44.3 Å². The average Bonchev–Trinajstić information content (AvgIpc) is 3.06. The lowest BCUT2D eigenvalue weighted by atomic mass is 9.64. The third-order valence-corrected chi connectivity index (χ3v) is 7.39. The molecule has 1 unspecified atom stereocenters. The molecule has 1 N–H and O–H groups in total. The molecule has 5 nitrogen and oxygen atoms in total. The molecule has 0 bridgehead atoms. The largest absolute Gasteiger partial charge is 0.489 e. The van der Waals surface area contributed by atoms with Crippen LogP contribution in [0.5, 0.6) is 0 Å². The van der Waals surface area contributed by atoms with Crippen molar-refractivity contribution >= 4 is 5.78 Å². The summed E-state index contributed by atoms with van der Waals surface area (Å²) in [4.78, 5) is 16.9. The second-order valence-electron chi connectivity index (χ2n) is 8.98. The first-order valence-electron chi connectivity index (χ1n) is 10.4. The predicted octanol–water partition coefficient (Wildman–Crippen LogP) is 3.33. The zero-order valence-electron chi connectivity index (χ0n) is 16.9. The van der Waals surface area contributed by atoms with Gasteiger partial charge in [-0.1, -0.05) is 25.1 Å². The predicted molar refractivity (Wildman–Crippen MR) is 108 cm³/mol. The highest BCUT2D eigenvalue weighted by molar-refractivity contribution is 6.00. The first kappa shape index (κ1) is 18.8. The van der Waals surface area contributed by atoms with Crippen molar-refractivity contribution in [2.24, 2.45) is 17.3 Å². The van der Waals surface area contributed by atoms with Crippen LogP contribution in [0.15, 0.2) is 59.7 Å². The van der Waals surface area contributed by atoms with E-state index < -0.39 is 0 Å². The van der Waals surface area contributed by atoms with E-state index in [-0.39, 0.29) is 47.8 Å². The number of ketones is 1. The number of aromatic nitrogens is 1. The van der Waals surface area contributed by atoms with Crippen molar-refractivity contribution in [3.05, 3.63) is 65.2 Å². The summed E-state index contributed by atoms with van der Waals surface area (Å²) in [5.74, 6) is 1.23. The highest BCUT2D eigenvalue weighted by Gasteiger charge is 2.57. The average molecular weight is 393 g/mol. The molecule has 1 fully saturated rings. The third kappa shape index (κ3) is 2.82. The Morgan fingerprint density at radius 2 is 2.24 bits per heavy atom. The number of hydrogen-bond acceptors (Lipinski definition) is 5. The van der Waals surface area contributed by atoms with E-state index in [1.54, 1.807) is 13.3 Å². The number of carbonyl (C=O) groups excluding carboxylic acids is 1. The van der Waals surface area contributed by atoms with E-state index in [2.05, 4.69) is 30.1 Å². The highest BCUT2D eigenvalue weighted by Crippen LogP contribution is 2.60. The van der Waals surface area contributed by atoms with Gasteiger partial charge in [0.05, 0.1) is 11.7 Å². The Morgan fingerprint density at radius 1 is 1.38 bits per heavy atom. The number of hydrogen-bond donors (Lipinski definition) is 1. The number of ether oxygens (including phenoxy) is 2. The molecular formula is C24H27NO4. The Morgan fingerprint density at radius 3 is 2.97 bits per heavy atom. The summed E-state index contributed by atoms with van der Waals surface area (Å²) in [5, 5.41) is 9.57. The molecule has 2 heterocycles. The lowest BCUT2D eigenvalue weighted by molar-refractivity contribution is -0.118. The van der Waals surface area contributed by atoms with Gasteiger partial charge in [-0.15, -0.1) is 0 Å². The van der Waals surface area contributed by atoms with Crippen LogP contribution in [0.4, 0.5) is 0 Å². The van der Waals surface area contributed by atoms with Gasteiger partial charge in [-0.2, -0.15) is 0 Å². The smallest absolute Gasteiger partial charge is 0.166 e. The van der Waals surface area contributed by atoms with Crippen LogP contribution in [0.1, 0.15) is 37.7 Å². The molecule has 3 aliphatic carbocycles. The molecule has 0 aromatic carbocycles. The quantitative estimate of drug-likeness (QED) is 0.853. The molecule has 0 amide bonds. The molecule has 0 spiro atoms. The maximum absolute atomic E-state index is 12.6. The molecule has 0 saturated heterocycles. The van der Waals surface area contributed by atoms with Gasteiger partial charge in [0.25, 0.3) is 0 Å². The summed E-state index contributed by atoms with van der Waals surface area (Å²) in [7, 11) is 1.78. The summed E-state index contributed by atoms with van der Waals surface area (Å²) in [6.07, 6.45) is 12.1. The minimum atomic E-state index is -0.126. The first-order chi connectivity index (χ1) is 14.0. The van der Waals surface area contributed by atoms with Gasteiger partial charge >= 0.3 is 0 Å². The van der Waals surface area contributed by atoms with Crippen molar-refractivity contribution in [3.8, 4) is 0 Å². The van der Waals surface area contributed by atoms with Gasteiger partial charge in [-0.05, 0) is 35.6 Å². The molecule has 5 rings (SSSR count). The fourth-order valence-corrected chi connectivity index (χ4v) is 5.89. The number of Topliss-reactive ketones (excluding diaryl/α,β-unsaturated/α-hetero) is 1. The number of allylic oxidation sites excluding steroid dienone is 4. The van der Waals surface area contributed by atoms with Crippen LogP contribution in [-0.2, 0) is 14.3 Å². The molecule has 6 atom stereocenters. The summed E-state index contributed by atoms with van der Waals surface area (Å²) >= 11 is 0. The van der Waals surface area contributed by atoms with E-state index in [1.807, 2.05) is 18.3 Å². The van der Waals surface area contributed by atoms with E-state index in [1.165, 1.54) is 5.56 Å². The molecular weight excluding hydrogens is 366 g/mol. The number of fused-ring (bicyclic) bond motifs is 3. The second-order valence-corrected chi connectivity index (χ2v) is 8.98. The molecule has 1 aliphatic heterocycles. The van der Waals surface area contributed by atoms with Crippen molar-refractivity contribution in [1.82, 2.24) is 4.98 Å². The van der Waals surface area contributed by atoms with Gasteiger partial charge in [0.15, 0.2) is 5.78 Å².